The van der Waals surface area contributed by atoms with Crippen molar-refractivity contribution in [3.63, 3.8) is 0 Å². The highest BCUT2D eigenvalue weighted by atomic mass is 79.9. The van der Waals surface area contributed by atoms with E-state index < -0.39 is 6.10 Å². The van der Waals surface area contributed by atoms with Crippen molar-refractivity contribution in [1.29, 1.82) is 0 Å². The average Bonchev–Trinajstić information content (AvgIpc) is 2.44. The van der Waals surface area contributed by atoms with Gasteiger partial charge in [0.25, 0.3) is 5.91 Å². The second-order valence-electron chi connectivity index (χ2n) is 4.69. The summed E-state index contributed by atoms with van der Waals surface area (Å²) < 4.78 is 7.52. The van der Waals surface area contributed by atoms with Crippen molar-refractivity contribution >= 4 is 37.8 Å². The van der Waals surface area contributed by atoms with Crippen LogP contribution in [-0.4, -0.2) is 37.0 Å². The zero-order valence-electron chi connectivity index (χ0n) is 12.9. The number of benzene rings is 1. The summed E-state index contributed by atoms with van der Waals surface area (Å²) in [6.07, 6.45) is -0.521. The normalized spacial score (nSPS) is 12.1. The quantitative estimate of drug-likeness (QED) is 0.731. The topological polar surface area (TPSA) is 41.6 Å². The summed E-state index contributed by atoms with van der Waals surface area (Å²) in [6.45, 7) is 7.85. The largest absolute Gasteiger partial charge is 0.479 e. The molecule has 1 amide bonds. The van der Waals surface area contributed by atoms with Crippen LogP contribution < -0.4 is 10.1 Å². The molecule has 1 aromatic rings. The van der Waals surface area contributed by atoms with Gasteiger partial charge in [0.15, 0.2) is 6.10 Å². The highest BCUT2D eigenvalue weighted by Crippen LogP contribution is 2.35. The summed E-state index contributed by atoms with van der Waals surface area (Å²) in [5.74, 6) is 0.654. The number of ether oxygens (including phenoxy) is 1. The fraction of sp³-hybridized carbons (Fsp3) is 0.533. The standard InChI is InChI=1S/C15H22Br2N2O2/c1-5-19(6-2)15(20)10(3)21-14-12(16)7-11(9-18-4)8-13(14)17/h7-8,10,18H,5-6,9H2,1-4H3. The molecule has 0 aliphatic rings. The van der Waals surface area contributed by atoms with Crippen molar-refractivity contribution in [2.75, 3.05) is 20.1 Å². The number of carbonyl (C=O) groups is 1. The first kappa shape index (κ1) is 18.5. The Bertz CT molecular complexity index is 468. The first-order valence-electron chi connectivity index (χ1n) is 7.02. The van der Waals surface area contributed by atoms with E-state index in [9.17, 15) is 4.79 Å². The number of rotatable bonds is 7. The molecule has 1 aromatic carbocycles. The molecule has 1 rings (SSSR count). The first-order chi connectivity index (χ1) is 9.94. The van der Waals surface area contributed by atoms with Crippen LogP contribution in [0, 0.1) is 0 Å². The fourth-order valence-corrected chi connectivity index (χ4v) is 3.52. The Balaban J connectivity index is 2.90. The third-order valence-corrected chi connectivity index (χ3v) is 4.33. The lowest BCUT2D eigenvalue weighted by Crippen LogP contribution is -2.40. The molecule has 0 aliphatic heterocycles. The smallest absolute Gasteiger partial charge is 0.263 e. The molecule has 0 aromatic heterocycles. The fourth-order valence-electron chi connectivity index (χ4n) is 2.05. The molecule has 0 aliphatic carbocycles. The van der Waals surface area contributed by atoms with Crippen LogP contribution in [0.1, 0.15) is 26.3 Å². The van der Waals surface area contributed by atoms with Gasteiger partial charge in [0.05, 0.1) is 8.95 Å². The summed E-state index contributed by atoms with van der Waals surface area (Å²) in [4.78, 5) is 14.0. The summed E-state index contributed by atoms with van der Waals surface area (Å²) in [5, 5.41) is 3.10. The third-order valence-electron chi connectivity index (χ3n) is 3.16. The van der Waals surface area contributed by atoms with Gasteiger partial charge < -0.3 is 15.0 Å². The van der Waals surface area contributed by atoms with Crippen molar-refractivity contribution in [1.82, 2.24) is 10.2 Å². The van der Waals surface area contributed by atoms with Crippen molar-refractivity contribution in [2.24, 2.45) is 0 Å². The van der Waals surface area contributed by atoms with Gasteiger partial charge in [-0.1, -0.05) is 0 Å². The number of hydrogen-bond donors (Lipinski definition) is 1. The van der Waals surface area contributed by atoms with Crippen LogP contribution in [0.15, 0.2) is 21.1 Å². The van der Waals surface area contributed by atoms with Crippen molar-refractivity contribution < 1.29 is 9.53 Å². The molecule has 21 heavy (non-hydrogen) atoms. The van der Waals surface area contributed by atoms with Gasteiger partial charge in [-0.05, 0) is 77.4 Å². The maximum absolute atomic E-state index is 12.3. The highest BCUT2D eigenvalue weighted by molar-refractivity contribution is 9.11. The molecule has 1 atom stereocenters. The predicted molar refractivity (Wildman–Crippen MR) is 92.6 cm³/mol. The second-order valence-corrected chi connectivity index (χ2v) is 6.40. The zero-order valence-corrected chi connectivity index (χ0v) is 16.0. The number of nitrogens with one attached hydrogen (secondary N) is 1. The van der Waals surface area contributed by atoms with Crippen molar-refractivity contribution in [3.8, 4) is 5.75 Å². The molecule has 0 saturated carbocycles. The molecule has 0 radical (unpaired) electrons. The number of halogens is 2. The van der Waals surface area contributed by atoms with Gasteiger partial charge in [0, 0.05) is 19.6 Å². The monoisotopic (exact) mass is 420 g/mol. The van der Waals surface area contributed by atoms with Gasteiger partial charge in [-0.3, -0.25) is 4.79 Å². The molecular formula is C15H22Br2N2O2. The van der Waals surface area contributed by atoms with Gasteiger partial charge >= 0.3 is 0 Å². The number of hydrogen-bond acceptors (Lipinski definition) is 3. The molecule has 0 saturated heterocycles. The van der Waals surface area contributed by atoms with Crippen molar-refractivity contribution in [2.45, 2.75) is 33.4 Å². The molecule has 1 unspecified atom stereocenters. The Labute approximate surface area is 143 Å². The highest BCUT2D eigenvalue weighted by Gasteiger charge is 2.22. The SMILES string of the molecule is CCN(CC)C(=O)C(C)Oc1c(Br)cc(CNC)cc1Br. The molecule has 4 nitrogen and oxygen atoms in total. The molecule has 0 spiro atoms. The predicted octanol–water partition coefficient (Wildman–Crippen LogP) is 3.57. The second kappa shape index (κ2) is 8.76. The molecule has 6 heteroatoms. The van der Waals surface area contributed by atoms with Gasteiger partial charge in [-0.2, -0.15) is 0 Å². The minimum atomic E-state index is -0.521. The Hall–Kier alpha value is -0.590. The summed E-state index contributed by atoms with van der Waals surface area (Å²) in [7, 11) is 1.90. The van der Waals surface area contributed by atoms with Gasteiger partial charge in [0.2, 0.25) is 0 Å². The number of carbonyl (C=O) groups excluding carboxylic acids is 1. The average molecular weight is 422 g/mol. The Kier molecular flexibility index (Phi) is 7.70. The number of amides is 1. The first-order valence-corrected chi connectivity index (χ1v) is 8.61. The molecule has 1 N–H and O–H groups in total. The minimum absolute atomic E-state index is 0.00176. The van der Waals surface area contributed by atoms with E-state index in [1.807, 2.05) is 33.0 Å². The number of nitrogens with zero attached hydrogens (tertiary/aromatic N) is 1. The maximum atomic E-state index is 12.3. The molecule has 0 fully saturated rings. The maximum Gasteiger partial charge on any atom is 0.263 e. The third kappa shape index (κ3) is 4.97. The van der Waals surface area contributed by atoms with E-state index in [1.165, 1.54) is 0 Å². The summed E-state index contributed by atoms with van der Waals surface area (Å²) >= 11 is 7.02. The lowest BCUT2D eigenvalue weighted by molar-refractivity contribution is -0.137. The lowest BCUT2D eigenvalue weighted by atomic mass is 10.2. The van der Waals surface area contributed by atoms with E-state index in [4.69, 9.17) is 4.74 Å². The zero-order chi connectivity index (χ0) is 16.0. The minimum Gasteiger partial charge on any atom is -0.479 e. The molecule has 118 valence electrons. The van der Waals surface area contributed by atoms with Crippen LogP contribution in [0.25, 0.3) is 0 Å². The van der Waals surface area contributed by atoms with Crippen LogP contribution in [0.2, 0.25) is 0 Å². The van der Waals surface area contributed by atoms with E-state index in [2.05, 4.69) is 37.2 Å². The molecular weight excluding hydrogens is 400 g/mol. The van der Waals surface area contributed by atoms with Crippen LogP contribution in [0.5, 0.6) is 5.75 Å². The van der Waals surface area contributed by atoms with Gasteiger partial charge in [-0.15, -0.1) is 0 Å². The lowest BCUT2D eigenvalue weighted by Gasteiger charge is -2.24. The van der Waals surface area contributed by atoms with Crippen LogP contribution in [-0.2, 0) is 11.3 Å². The van der Waals surface area contributed by atoms with E-state index in [0.717, 1.165) is 21.1 Å². The van der Waals surface area contributed by atoms with E-state index in [-0.39, 0.29) is 5.91 Å². The summed E-state index contributed by atoms with van der Waals surface area (Å²) in [6, 6.07) is 3.98. The van der Waals surface area contributed by atoms with E-state index in [1.54, 1.807) is 11.8 Å². The van der Waals surface area contributed by atoms with E-state index in [0.29, 0.717) is 18.8 Å². The molecule has 0 heterocycles. The molecule has 0 bridgehead atoms. The number of likely N-dealkylation sites (N-methyl/N-ethyl adjacent to an activating group) is 1. The van der Waals surface area contributed by atoms with Crippen LogP contribution in [0.4, 0.5) is 0 Å². The Morgan fingerprint density at radius 3 is 2.24 bits per heavy atom. The van der Waals surface area contributed by atoms with Crippen molar-refractivity contribution in [3.05, 3.63) is 26.6 Å². The van der Waals surface area contributed by atoms with Crippen LogP contribution in [0.3, 0.4) is 0 Å². The van der Waals surface area contributed by atoms with Crippen LogP contribution >= 0.6 is 31.9 Å². The van der Waals surface area contributed by atoms with Gasteiger partial charge in [0.1, 0.15) is 5.75 Å². The summed E-state index contributed by atoms with van der Waals surface area (Å²) in [5.41, 5.74) is 1.13. The Morgan fingerprint density at radius 1 is 1.29 bits per heavy atom. The van der Waals surface area contributed by atoms with E-state index >= 15 is 0 Å². The van der Waals surface area contributed by atoms with Gasteiger partial charge in [-0.25, -0.2) is 0 Å². The Morgan fingerprint density at radius 2 is 1.81 bits per heavy atom.